The zero-order valence-electron chi connectivity index (χ0n) is 28.3. The third-order valence-corrected chi connectivity index (χ3v) is 8.93. The smallest absolute Gasteiger partial charge is 0.220 e. The van der Waals surface area contributed by atoms with Gasteiger partial charge in [-0.15, -0.1) is 0 Å². The van der Waals surface area contributed by atoms with Crippen molar-refractivity contribution in [2.24, 2.45) is 5.92 Å². The Morgan fingerprint density at radius 2 is 1.67 bits per heavy atom. The summed E-state index contributed by atoms with van der Waals surface area (Å²) in [5, 5.41) is 102. The van der Waals surface area contributed by atoms with Gasteiger partial charge in [-0.1, -0.05) is 20.3 Å². The average molecular weight is 715 g/mol. The fourth-order valence-electron chi connectivity index (χ4n) is 6.27. The summed E-state index contributed by atoms with van der Waals surface area (Å²) in [5.41, 5.74) is 0. The van der Waals surface area contributed by atoms with E-state index in [2.05, 4.69) is 10.6 Å². The zero-order chi connectivity index (χ0) is 36.8. The van der Waals surface area contributed by atoms with Crippen molar-refractivity contribution in [2.45, 2.75) is 145 Å². The first-order chi connectivity index (χ1) is 22.9. The molecular weight excluding hydrogens is 660 g/mol. The van der Waals surface area contributed by atoms with E-state index in [9.17, 15) is 55.5 Å². The first kappa shape index (κ1) is 41.8. The molecule has 0 radical (unpaired) electrons. The zero-order valence-corrected chi connectivity index (χ0v) is 28.3. The summed E-state index contributed by atoms with van der Waals surface area (Å²) in [6.45, 7) is 5.31. The van der Waals surface area contributed by atoms with Gasteiger partial charge in [0.05, 0.1) is 31.5 Å². The summed E-state index contributed by atoms with van der Waals surface area (Å²) in [7, 11) is 0. The molecule has 0 aromatic carbocycles. The normalized spacial score (nSPS) is 40.7. The number of carbonyl (C=O) groups excluding carboxylic acids is 2. The molecule has 5 unspecified atom stereocenters. The number of aliphatic hydroxyl groups is 9. The van der Waals surface area contributed by atoms with Crippen molar-refractivity contribution in [3.8, 4) is 0 Å². The first-order valence-corrected chi connectivity index (χ1v) is 16.4. The third kappa shape index (κ3) is 10.0. The van der Waals surface area contributed by atoms with E-state index in [0.717, 1.165) is 13.3 Å². The Morgan fingerprint density at radius 3 is 2.24 bits per heavy atom. The van der Waals surface area contributed by atoms with E-state index >= 15 is 0 Å². The van der Waals surface area contributed by atoms with Crippen LogP contribution < -0.4 is 10.6 Å². The molecule has 3 rings (SSSR count). The van der Waals surface area contributed by atoms with Crippen LogP contribution in [0.1, 0.15) is 53.9 Å². The molecule has 0 spiro atoms. The van der Waals surface area contributed by atoms with Crippen LogP contribution in [0, 0.1) is 5.92 Å². The largest absolute Gasteiger partial charge is 0.394 e. The van der Waals surface area contributed by atoms with Gasteiger partial charge in [-0.05, 0) is 13.3 Å². The number of amides is 2. The molecule has 0 aromatic rings. The molecule has 0 aliphatic carbocycles. The summed E-state index contributed by atoms with van der Waals surface area (Å²) in [4.78, 5) is 23.3. The molecule has 3 aliphatic heterocycles. The average Bonchev–Trinajstić information content (AvgIpc) is 3.02. The SMILES string of the molecule is CCCCO[C@H]1OC(CO)C(O)(O)[C@H](O[C@@H]2OC(CO)[C@H](O)[C@H](O[C@]3(C)C[C@@H](O)[C@@H](NC(C)=O)C([C@H](O)[C@H](O)CNC(C)=O)O3)C2O)C1C. The second-order valence-corrected chi connectivity index (χ2v) is 13.1. The van der Waals surface area contributed by atoms with Gasteiger partial charge in [0.25, 0.3) is 0 Å². The third-order valence-electron chi connectivity index (χ3n) is 8.93. The lowest BCUT2D eigenvalue weighted by atomic mass is 9.88. The fourth-order valence-corrected chi connectivity index (χ4v) is 6.27. The van der Waals surface area contributed by atoms with Crippen molar-refractivity contribution >= 4 is 11.8 Å². The highest BCUT2D eigenvalue weighted by Gasteiger charge is 2.58. The Labute approximate surface area is 284 Å². The van der Waals surface area contributed by atoms with Gasteiger partial charge in [-0.2, -0.15) is 0 Å². The number of hydrogen-bond acceptors (Lipinski definition) is 17. The summed E-state index contributed by atoms with van der Waals surface area (Å²) in [6.07, 6.45) is -18.3. The maximum atomic E-state index is 11.9. The van der Waals surface area contributed by atoms with Gasteiger partial charge in [0, 0.05) is 39.3 Å². The molecule has 3 saturated heterocycles. The summed E-state index contributed by atoms with van der Waals surface area (Å²) in [5.74, 6) is -6.80. The predicted molar refractivity (Wildman–Crippen MR) is 163 cm³/mol. The standard InChI is InChI=1S/C30H54N2O17/c1-6-7-8-44-27-13(2)26(30(42,43)19(12-34)46-27)47-28-23(41)25(22(40)18(11-33)45-28)49-29(5)9-16(37)20(32-15(4)36)24(48-29)21(39)17(38)10-31-14(3)35/h13,16-28,33-34,37-43H,6-12H2,1-5H3,(H,31,35)(H,32,36)/t13?,16-,17-,18?,19?,20-,21-,22+,23?,24?,25+,26-,27+,28+,29-/m1/s1. The van der Waals surface area contributed by atoms with E-state index in [1.54, 1.807) is 0 Å². The van der Waals surface area contributed by atoms with E-state index < -0.39 is 135 Å². The number of carbonyl (C=O) groups is 2. The van der Waals surface area contributed by atoms with Gasteiger partial charge in [0.1, 0.15) is 48.8 Å². The van der Waals surface area contributed by atoms with Gasteiger partial charge < -0.3 is 85.0 Å². The maximum absolute atomic E-state index is 11.9. The second-order valence-electron chi connectivity index (χ2n) is 13.1. The topological polar surface area (TPSA) is 296 Å². The van der Waals surface area contributed by atoms with Crippen molar-refractivity contribution in [1.82, 2.24) is 10.6 Å². The molecule has 19 heteroatoms. The van der Waals surface area contributed by atoms with Crippen LogP contribution in [0.25, 0.3) is 0 Å². The van der Waals surface area contributed by atoms with Crippen molar-refractivity contribution in [1.29, 1.82) is 0 Å². The number of rotatable bonds is 15. The molecule has 49 heavy (non-hydrogen) atoms. The lowest BCUT2D eigenvalue weighted by molar-refractivity contribution is -0.420. The second kappa shape index (κ2) is 17.7. The van der Waals surface area contributed by atoms with Crippen molar-refractivity contribution < 1.29 is 84.0 Å². The molecular formula is C30H54N2O17. The van der Waals surface area contributed by atoms with E-state index in [4.69, 9.17) is 28.4 Å². The van der Waals surface area contributed by atoms with Crippen molar-refractivity contribution in [3.63, 3.8) is 0 Å². The van der Waals surface area contributed by atoms with Gasteiger partial charge in [0.2, 0.25) is 17.6 Å². The van der Waals surface area contributed by atoms with Gasteiger partial charge in [-0.3, -0.25) is 9.59 Å². The van der Waals surface area contributed by atoms with Crippen LogP contribution in [0.5, 0.6) is 0 Å². The van der Waals surface area contributed by atoms with Crippen LogP contribution >= 0.6 is 0 Å². The number of hydrogen-bond donors (Lipinski definition) is 11. The van der Waals surface area contributed by atoms with Crippen LogP contribution in [0.3, 0.4) is 0 Å². The molecule has 15 atom stereocenters. The minimum absolute atomic E-state index is 0.255. The van der Waals surface area contributed by atoms with Gasteiger partial charge in [-0.25, -0.2) is 0 Å². The molecule has 3 fully saturated rings. The van der Waals surface area contributed by atoms with Crippen LogP contribution in [0.4, 0.5) is 0 Å². The fraction of sp³-hybridized carbons (Fsp3) is 0.933. The Balaban J connectivity index is 1.88. The highest BCUT2D eigenvalue weighted by Crippen LogP contribution is 2.40. The quantitative estimate of drug-likeness (QED) is 0.0561. The van der Waals surface area contributed by atoms with E-state index in [1.807, 2.05) is 6.92 Å². The molecule has 0 bridgehead atoms. The highest BCUT2D eigenvalue weighted by atomic mass is 16.8. The van der Waals surface area contributed by atoms with Crippen molar-refractivity contribution in [2.75, 3.05) is 26.4 Å². The van der Waals surface area contributed by atoms with Crippen LogP contribution in [-0.4, -0.2) is 175 Å². The van der Waals surface area contributed by atoms with E-state index in [0.29, 0.717) is 6.42 Å². The molecule has 2 amide bonds. The molecule has 3 aliphatic rings. The van der Waals surface area contributed by atoms with Crippen LogP contribution in [0.2, 0.25) is 0 Å². The summed E-state index contributed by atoms with van der Waals surface area (Å²) < 4.78 is 34.9. The lowest BCUT2D eigenvalue weighted by Crippen LogP contribution is -2.69. The van der Waals surface area contributed by atoms with Gasteiger partial charge in [0.15, 0.2) is 18.4 Å². The van der Waals surface area contributed by atoms with E-state index in [1.165, 1.54) is 20.8 Å². The van der Waals surface area contributed by atoms with Crippen LogP contribution in [0.15, 0.2) is 0 Å². The molecule has 19 nitrogen and oxygen atoms in total. The Morgan fingerprint density at radius 1 is 1.00 bits per heavy atom. The molecule has 11 N–H and O–H groups in total. The monoisotopic (exact) mass is 714 g/mol. The van der Waals surface area contributed by atoms with Crippen LogP contribution in [-0.2, 0) is 38.0 Å². The Bertz CT molecular complexity index is 1070. The highest BCUT2D eigenvalue weighted by molar-refractivity contribution is 5.73. The van der Waals surface area contributed by atoms with Gasteiger partial charge >= 0.3 is 0 Å². The summed E-state index contributed by atoms with van der Waals surface area (Å²) in [6, 6.07) is -1.27. The number of ether oxygens (including phenoxy) is 6. The first-order valence-electron chi connectivity index (χ1n) is 16.4. The Hall–Kier alpha value is -1.66. The maximum Gasteiger partial charge on any atom is 0.220 e. The number of aliphatic hydroxyl groups excluding tert-OH is 7. The predicted octanol–water partition coefficient (Wildman–Crippen LogP) is -4.72. The molecule has 3 heterocycles. The minimum Gasteiger partial charge on any atom is -0.394 e. The number of unbranched alkanes of at least 4 members (excludes halogenated alkanes) is 1. The molecule has 0 aromatic heterocycles. The molecule has 0 saturated carbocycles. The van der Waals surface area contributed by atoms with E-state index in [-0.39, 0.29) is 6.61 Å². The number of nitrogens with one attached hydrogen (secondary N) is 2. The minimum atomic E-state index is -2.83. The Kier molecular flexibility index (Phi) is 15.1. The molecule has 286 valence electrons. The van der Waals surface area contributed by atoms with Crippen molar-refractivity contribution in [3.05, 3.63) is 0 Å². The summed E-state index contributed by atoms with van der Waals surface area (Å²) >= 11 is 0. The lowest BCUT2D eigenvalue weighted by Gasteiger charge is -2.52.